The number of rotatable bonds is 4. The zero-order chi connectivity index (χ0) is 21.2. The number of piperazine rings is 1. The summed E-state index contributed by atoms with van der Waals surface area (Å²) < 4.78 is 78.5. The molecule has 0 saturated carbocycles. The number of nitrogens with zero attached hydrogens (tertiary/aromatic N) is 3. The smallest absolute Gasteiger partial charge is 0.296 e. The fourth-order valence-corrected chi connectivity index (χ4v) is 4.52. The Bertz CT molecular complexity index is 1020. The number of halogens is 4. The van der Waals surface area contributed by atoms with Crippen molar-refractivity contribution in [3.63, 3.8) is 0 Å². The molecule has 1 saturated heterocycles. The molecule has 0 radical (unpaired) electrons. The van der Waals surface area contributed by atoms with Gasteiger partial charge in [0.1, 0.15) is 5.82 Å². The molecule has 0 aliphatic carbocycles. The zero-order valence-corrected chi connectivity index (χ0v) is 16.0. The van der Waals surface area contributed by atoms with E-state index in [0.29, 0.717) is 24.2 Å². The molecule has 3 rings (SSSR count). The highest BCUT2D eigenvalue weighted by atomic mass is 32.2. The van der Waals surface area contributed by atoms with Crippen LogP contribution in [0.1, 0.15) is 16.7 Å². The monoisotopic (exact) mass is 427 g/mol. The van der Waals surface area contributed by atoms with Gasteiger partial charge in [-0.1, -0.05) is 0 Å². The lowest BCUT2D eigenvalue weighted by atomic mass is 10.1. The molecule has 5 nitrogen and oxygen atoms in total. The molecule has 0 atom stereocenters. The number of benzene rings is 2. The molecule has 0 aromatic heterocycles. The summed E-state index contributed by atoms with van der Waals surface area (Å²) in [6, 6.07) is 9.40. The summed E-state index contributed by atoms with van der Waals surface area (Å²) in [5.41, 5.74) is -0.226. The second kappa shape index (κ2) is 8.10. The first-order chi connectivity index (χ1) is 13.6. The van der Waals surface area contributed by atoms with E-state index in [9.17, 15) is 26.0 Å². The number of alkyl halides is 3. The summed E-state index contributed by atoms with van der Waals surface area (Å²) in [5.74, 6) is -0.441. The maximum atomic E-state index is 13.9. The molecule has 1 aliphatic rings. The van der Waals surface area contributed by atoms with Gasteiger partial charge in [-0.25, -0.2) is 12.8 Å². The Hall–Kier alpha value is -2.48. The Labute approximate surface area is 165 Å². The van der Waals surface area contributed by atoms with Gasteiger partial charge in [0.25, 0.3) is 0 Å². The van der Waals surface area contributed by atoms with Crippen molar-refractivity contribution in [2.45, 2.75) is 17.6 Å². The minimum atomic E-state index is -4.54. The molecular weight excluding hydrogens is 410 g/mol. The Morgan fingerprint density at radius 3 is 2.17 bits per heavy atom. The van der Waals surface area contributed by atoms with Crippen LogP contribution in [-0.4, -0.2) is 43.8 Å². The highest BCUT2D eigenvalue weighted by molar-refractivity contribution is 7.89. The van der Waals surface area contributed by atoms with E-state index < -0.39 is 27.6 Å². The van der Waals surface area contributed by atoms with E-state index >= 15 is 0 Å². The highest BCUT2D eigenvalue weighted by Gasteiger charge is 2.32. The Morgan fingerprint density at radius 2 is 1.62 bits per heavy atom. The lowest BCUT2D eigenvalue weighted by Gasteiger charge is -2.34. The van der Waals surface area contributed by atoms with Crippen molar-refractivity contribution >= 4 is 10.0 Å². The number of sulfonamides is 1. The summed E-state index contributed by atoms with van der Waals surface area (Å²) in [6.07, 6.45) is -4.54. The van der Waals surface area contributed by atoms with E-state index in [2.05, 4.69) is 0 Å². The average Bonchev–Trinajstić information content (AvgIpc) is 2.69. The van der Waals surface area contributed by atoms with E-state index in [0.717, 1.165) is 24.3 Å². The van der Waals surface area contributed by atoms with Crippen molar-refractivity contribution in [2.75, 3.05) is 26.2 Å². The molecule has 10 heteroatoms. The largest absolute Gasteiger partial charge is 0.416 e. The molecular formula is C19H17F4N3O2S. The molecule has 0 amide bonds. The van der Waals surface area contributed by atoms with Crippen LogP contribution in [0.25, 0.3) is 0 Å². The van der Waals surface area contributed by atoms with E-state index in [1.165, 1.54) is 22.5 Å². The predicted molar refractivity (Wildman–Crippen MR) is 96.6 cm³/mol. The minimum Gasteiger partial charge on any atom is -0.296 e. The second-order valence-corrected chi connectivity index (χ2v) is 8.56. The van der Waals surface area contributed by atoms with Crippen LogP contribution >= 0.6 is 0 Å². The van der Waals surface area contributed by atoms with Gasteiger partial charge in [0.15, 0.2) is 0 Å². The normalized spacial score (nSPS) is 16.5. The van der Waals surface area contributed by atoms with Crippen molar-refractivity contribution in [1.82, 2.24) is 9.21 Å². The van der Waals surface area contributed by atoms with Gasteiger partial charge < -0.3 is 0 Å². The van der Waals surface area contributed by atoms with Crippen molar-refractivity contribution in [3.8, 4) is 6.07 Å². The molecule has 1 heterocycles. The summed E-state index contributed by atoms with van der Waals surface area (Å²) in [6.45, 7) is 1.15. The van der Waals surface area contributed by atoms with Crippen LogP contribution in [0.4, 0.5) is 17.6 Å². The summed E-state index contributed by atoms with van der Waals surface area (Å²) in [4.78, 5) is 1.66. The van der Waals surface area contributed by atoms with Crippen molar-refractivity contribution < 1.29 is 26.0 Å². The van der Waals surface area contributed by atoms with Crippen molar-refractivity contribution in [1.29, 1.82) is 5.26 Å². The Balaban J connectivity index is 1.66. The van der Waals surface area contributed by atoms with Gasteiger partial charge in [-0.2, -0.15) is 22.7 Å². The third kappa shape index (κ3) is 4.75. The summed E-state index contributed by atoms with van der Waals surface area (Å²) in [5, 5.41) is 8.93. The van der Waals surface area contributed by atoms with Gasteiger partial charge in [0.2, 0.25) is 10.0 Å². The predicted octanol–water partition coefficient (Wildman–Crippen LogP) is 3.22. The van der Waals surface area contributed by atoms with Crippen LogP contribution in [0, 0.1) is 17.1 Å². The molecule has 0 N–H and O–H groups in total. The quantitative estimate of drug-likeness (QED) is 0.703. The van der Waals surface area contributed by atoms with Crippen molar-refractivity contribution in [2.24, 2.45) is 0 Å². The number of hydrogen-bond acceptors (Lipinski definition) is 4. The SMILES string of the molecule is N#Cc1ccc(F)c(CN2CCN(S(=O)(=O)c3ccc(C(F)(F)F)cc3)CC2)c1. The lowest BCUT2D eigenvalue weighted by molar-refractivity contribution is -0.137. The maximum absolute atomic E-state index is 13.9. The lowest BCUT2D eigenvalue weighted by Crippen LogP contribution is -2.48. The zero-order valence-electron chi connectivity index (χ0n) is 15.2. The van der Waals surface area contributed by atoms with Crippen LogP contribution in [0.5, 0.6) is 0 Å². The van der Waals surface area contributed by atoms with Crippen LogP contribution < -0.4 is 0 Å². The first-order valence-electron chi connectivity index (χ1n) is 8.69. The maximum Gasteiger partial charge on any atom is 0.416 e. The molecule has 154 valence electrons. The van der Waals surface area contributed by atoms with Crippen LogP contribution in [0.3, 0.4) is 0 Å². The molecule has 29 heavy (non-hydrogen) atoms. The van der Waals surface area contributed by atoms with Crippen molar-refractivity contribution in [3.05, 3.63) is 65.0 Å². The summed E-state index contributed by atoms with van der Waals surface area (Å²) in [7, 11) is -3.92. The third-order valence-corrected chi connectivity index (χ3v) is 6.63. The van der Waals surface area contributed by atoms with Crippen LogP contribution in [0.2, 0.25) is 0 Å². The molecule has 2 aromatic rings. The second-order valence-electron chi connectivity index (χ2n) is 6.62. The molecule has 2 aromatic carbocycles. The van der Waals surface area contributed by atoms with Gasteiger partial charge in [0.05, 0.1) is 22.1 Å². The van der Waals surface area contributed by atoms with E-state index in [1.807, 2.05) is 11.0 Å². The van der Waals surface area contributed by atoms with Gasteiger partial charge in [0, 0.05) is 38.3 Å². The van der Waals surface area contributed by atoms with Gasteiger partial charge in [-0.3, -0.25) is 4.90 Å². The minimum absolute atomic E-state index is 0.128. The Kier molecular flexibility index (Phi) is 5.93. The molecule has 1 aliphatic heterocycles. The standard InChI is InChI=1S/C19H17F4N3O2S/c20-18-6-1-14(12-24)11-15(18)13-25-7-9-26(10-8-25)29(27,28)17-4-2-16(3-5-17)19(21,22)23/h1-6,11H,7-10,13H2. The van der Waals surface area contributed by atoms with Gasteiger partial charge in [-0.05, 0) is 42.5 Å². The van der Waals surface area contributed by atoms with Crippen LogP contribution in [0.15, 0.2) is 47.4 Å². The van der Waals surface area contributed by atoms with Gasteiger partial charge in [-0.15, -0.1) is 0 Å². The van der Waals surface area contributed by atoms with E-state index in [-0.39, 0.29) is 24.5 Å². The molecule has 0 bridgehead atoms. The Morgan fingerprint density at radius 1 is 1.00 bits per heavy atom. The first kappa shape index (κ1) is 21.2. The fraction of sp³-hybridized carbons (Fsp3) is 0.316. The molecule has 0 unspecified atom stereocenters. The molecule has 1 fully saturated rings. The topological polar surface area (TPSA) is 64.4 Å². The van der Waals surface area contributed by atoms with E-state index in [1.54, 1.807) is 0 Å². The third-order valence-electron chi connectivity index (χ3n) is 4.72. The fourth-order valence-electron chi connectivity index (χ4n) is 3.10. The first-order valence-corrected chi connectivity index (χ1v) is 10.1. The highest BCUT2D eigenvalue weighted by Crippen LogP contribution is 2.30. The van der Waals surface area contributed by atoms with Crippen LogP contribution in [-0.2, 0) is 22.7 Å². The molecule has 0 spiro atoms. The van der Waals surface area contributed by atoms with Gasteiger partial charge >= 0.3 is 6.18 Å². The average molecular weight is 427 g/mol. The van der Waals surface area contributed by atoms with E-state index in [4.69, 9.17) is 5.26 Å². The number of hydrogen-bond donors (Lipinski definition) is 0. The summed E-state index contributed by atoms with van der Waals surface area (Å²) >= 11 is 0. The number of nitriles is 1.